The number of hydrogen-bond acceptors (Lipinski definition) is 3. The zero-order chi connectivity index (χ0) is 14.9. The van der Waals surface area contributed by atoms with Gasteiger partial charge < -0.3 is 5.32 Å². The van der Waals surface area contributed by atoms with Gasteiger partial charge in [0.15, 0.2) is 5.65 Å². The van der Waals surface area contributed by atoms with Crippen LogP contribution < -0.4 is 5.32 Å². The van der Waals surface area contributed by atoms with Gasteiger partial charge in [-0.05, 0) is 55.2 Å². The molecule has 2 heterocycles. The number of aromatic nitrogens is 3. The molecule has 0 aromatic carbocycles. The van der Waals surface area contributed by atoms with E-state index in [4.69, 9.17) is 0 Å². The zero-order valence-electron chi connectivity index (χ0n) is 13.4. The van der Waals surface area contributed by atoms with E-state index >= 15 is 0 Å². The molecule has 0 unspecified atom stereocenters. The van der Waals surface area contributed by atoms with Gasteiger partial charge in [-0.3, -0.25) is 0 Å². The second-order valence-electron chi connectivity index (χ2n) is 7.11. The van der Waals surface area contributed by atoms with Crippen LogP contribution in [0.1, 0.15) is 51.5 Å². The van der Waals surface area contributed by atoms with Gasteiger partial charge in [-0.2, -0.15) is 9.61 Å². The van der Waals surface area contributed by atoms with Crippen molar-refractivity contribution in [3.05, 3.63) is 24.0 Å². The van der Waals surface area contributed by atoms with Crippen LogP contribution in [0.4, 0.5) is 5.82 Å². The Morgan fingerprint density at radius 2 is 2.05 bits per heavy atom. The summed E-state index contributed by atoms with van der Waals surface area (Å²) in [5.74, 6) is 1.83. The van der Waals surface area contributed by atoms with Crippen molar-refractivity contribution < 1.29 is 0 Å². The highest BCUT2D eigenvalue weighted by Crippen LogP contribution is 2.43. The fourth-order valence-electron chi connectivity index (χ4n) is 3.90. The second kappa shape index (κ2) is 5.66. The van der Waals surface area contributed by atoms with Gasteiger partial charge in [0, 0.05) is 6.54 Å². The molecule has 0 spiro atoms. The Bertz CT molecular complexity index is 608. The molecule has 1 N–H and O–H groups in total. The molecule has 0 bridgehead atoms. The maximum atomic E-state index is 4.33. The predicted molar refractivity (Wildman–Crippen MR) is 86.6 cm³/mol. The minimum atomic E-state index is 0.463. The first-order chi connectivity index (χ1) is 10.1. The van der Waals surface area contributed by atoms with Crippen LogP contribution in [-0.4, -0.2) is 21.1 Å². The Morgan fingerprint density at radius 3 is 2.76 bits per heavy atom. The Kier molecular flexibility index (Phi) is 3.87. The van der Waals surface area contributed by atoms with Crippen LogP contribution in [0.3, 0.4) is 0 Å². The molecule has 1 aliphatic carbocycles. The molecule has 114 valence electrons. The number of hydrogen-bond donors (Lipinski definition) is 1. The lowest BCUT2D eigenvalue weighted by molar-refractivity contribution is 0.252. The molecular formula is C17H26N4. The lowest BCUT2D eigenvalue weighted by Gasteiger charge is -2.31. The number of rotatable bonds is 5. The van der Waals surface area contributed by atoms with Crippen LogP contribution >= 0.6 is 0 Å². The monoisotopic (exact) mass is 286 g/mol. The average molecular weight is 286 g/mol. The number of pyridine rings is 1. The first-order valence-electron chi connectivity index (χ1n) is 8.12. The fourth-order valence-corrected chi connectivity index (χ4v) is 3.90. The minimum absolute atomic E-state index is 0.463. The van der Waals surface area contributed by atoms with E-state index < -0.39 is 0 Å². The molecule has 1 fully saturated rings. The van der Waals surface area contributed by atoms with E-state index in [-0.39, 0.29) is 0 Å². The summed E-state index contributed by atoms with van der Waals surface area (Å²) in [6.45, 7) is 7.83. The normalized spacial score (nSPS) is 17.7. The Hall–Kier alpha value is -1.58. The highest BCUT2D eigenvalue weighted by atomic mass is 15.3. The van der Waals surface area contributed by atoms with Crippen LogP contribution in [0.15, 0.2) is 18.5 Å². The summed E-state index contributed by atoms with van der Waals surface area (Å²) in [5.41, 5.74) is 2.61. The molecule has 2 aromatic rings. The number of aryl methyl sites for hydroxylation is 1. The second-order valence-corrected chi connectivity index (χ2v) is 7.11. The highest BCUT2D eigenvalue weighted by molar-refractivity contribution is 5.51. The lowest BCUT2D eigenvalue weighted by atomic mass is 9.78. The first-order valence-corrected chi connectivity index (χ1v) is 8.12. The quantitative estimate of drug-likeness (QED) is 0.901. The van der Waals surface area contributed by atoms with Crippen molar-refractivity contribution >= 4 is 11.5 Å². The highest BCUT2D eigenvalue weighted by Gasteiger charge is 2.34. The molecule has 3 rings (SSSR count). The van der Waals surface area contributed by atoms with E-state index in [9.17, 15) is 0 Å². The Balaban J connectivity index is 1.80. The minimum Gasteiger partial charge on any atom is -0.369 e. The van der Waals surface area contributed by atoms with Gasteiger partial charge in [0.2, 0.25) is 0 Å². The molecule has 0 aliphatic heterocycles. The smallest absolute Gasteiger partial charge is 0.157 e. The van der Waals surface area contributed by atoms with Crippen LogP contribution in [0.2, 0.25) is 0 Å². The van der Waals surface area contributed by atoms with Gasteiger partial charge in [-0.25, -0.2) is 4.98 Å². The predicted octanol–water partition coefficient (Wildman–Crippen LogP) is 4.06. The van der Waals surface area contributed by atoms with Gasteiger partial charge in [0.1, 0.15) is 12.1 Å². The first kappa shape index (κ1) is 14.4. The van der Waals surface area contributed by atoms with Crippen LogP contribution in [0.5, 0.6) is 0 Å². The van der Waals surface area contributed by atoms with E-state index in [1.165, 1.54) is 37.7 Å². The molecule has 0 amide bonds. The lowest BCUT2D eigenvalue weighted by Crippen LogP contribution is -2.29. The van der Waals surface area contributed by atoms with Crippen molar-refractivity contribution in [1.82, 2.24) is 14.6 Å². The molecule has 21 heavy (non-hydrogen) atoms. The largest absolute Gasteiger partial charge is 0.369 e. The van der Waals surface area contributed by atoms with Crippen molar-refractivity contribution in [2.75, 3.05) is 11.9 Å². The number of anilines is 1. The SMILES string of the molecule is Cc1cc(NCC2(CC(C)C)CCCC2)n2ncnc2c1. The van der Waals surface area contributed by atoms with E-state index in [1.54, 1.807) is 6.33 Å². The fraction of sp³-hybridized carbons (Fsp3) is 0.647. The van der Waals surface area contributed by atoms with Crippen molar-refractivity contribution in [1.29, 1.82) is 0 Å². The van der Waals surface area contributed by atoms with Gasteiger partial charge in [-0.15, -0.1) is 0 Å². The van der Waals surface area contributed by atoms with Crippen molar-refractivity contribution in [2.45, 2.75) is 52.9 Å². The topological polar surface area (TPSA) is 42.2 Å². The van der Waals surface area contributed by atoms with Crippen molar-refractivity contribution in [3.63, 3.8) is 0 Å². The van der Waals surface area contributed by atoms with Crippen LogP contribution in [-0.2, 0) is 0 Å². The number of nitrogens with one attached hydrogen (secondary N) is 1. The van der Waals surface area contributed by atoms with Gasteiger partial charge >= 0.3 is 0 Å². The maximum absolute atomic E-state index is 4.33. The summed E-state index contributed by atoms with van der Waals surface area (Å²) >= 11 is 0. The van der Waals surface area contributed by atoms with E-state index in [1.807, 2.05) is 4.52 Å². The van der Waals surface area contributed by atoms with Gasteiger partial charge in [0.05, 0.1) is 0 Å². The molecule has 4 heteroatoms. The van der Waals surface area contributed by atoms with E-state index in [2.05, 4.69) is 48.3 Å². The average Bonchev–Trinajstić information content (AvgIpc) is 3.04. The summed E-state index contributed by atoms with van der Waals surface area (Å²) in [5, 5.41) is 7.99. The third-order valence-electron chi connectivity index (χ3n) is 4.67. The third kappa shape index (κ3) is 3.04. The van der Waals surface area contributed by atoms with Crippen LogP contribution in [0.25, 0.3) is 5.65 Å². The molecule has 0 saturated heterocycles. The molecule has 0 atom stereocenters. The van der Waals surface area contributed by atoms with Crippen molar-refractivity contribution in [3.8, 4) is 0 Å². The standard InChI is InChI=1S/C17H26N4/c1-13(2)10-17(6-4-5-7-17)11-18-15-8-14(3)9-16-19-12-20-21(15)16/h8-9,12-13,18H,4-7,10-11H2,1-3H3. The van der Waals surface area contributed by atoms with Gasteiger partial charge in [0.25, 0.3) is 0 Å². The number of fused-ring (bicyclic) bond motifs is 1. The molecule has 1 aliphatic rings. The van der Waals surface area contributed by atoms with E-state index in [0.29, 0.717) is 5.41 Å². The van der Waals surface area contributed by atoms with Crippen molar-refractivity contribution in [2.24, 2.45) is 11.3 Å². The van der Waals surface area contributed by atoms with E-state index in [0.717, 1.165) is 23.9 Å². The van der Waals surface area contributed by atoms with Crippen LogP contribution in [0, 0.1) is 18.3 Å². The Labute approximate surface area is 127 Å². The molecule has 0 radical (unpaired) electrons. The molecule has 4 nitrogen and oxygen atoms in total. The molecular weight excluding hydrogens is 260 g/mol. The maximum Gasteiger partial charge on any atom is 0.157 e. The zero-order valence-corrected chi connectivity index (χ0v) is 13.4. The molecule has 1 saturated carbocycles. The summed E-state index contributed by atoms with van der Waals surface area (Å²) in [6.07, 6.45) is 8.39. The third-order valence-corrected chi connectivity index (χ3v) is 4.67. The number of nitrogens with zero attached hydrogens (tertiary/aromatic N) is 3. The summed E-state index contributed by atoms with van der Waals surface area (Å²) in [4.78, 5) is 4.30. The summed E-state index contributed by atoms with van der Waals surface area (Å²) < 4.78 is 1.91. The summed E-state index contributed by atoms with van der Waals surface area (Å²) in [7, 11) is 0. The Morgan fingerprint density at radius 1 is 1.29 bits per heavy atom. The summed E-state index contributed by atoms with van der Waals surface area (Å²) in [6, 6.07) is 4.23. The molecule has 2 aromatic heterocycles. The van der Waals surface area contributed by atoms with Gasteiger partial charge in [-0.1, -0.05) is 26.7 Å².